The summed E-state index contributed by atoms with van der Waals surface area (Å²) in [6.07, 6.45) is 0. The van der Waals surface area contributed by atoms with Gasteiger partial charge in [0.15, 0.2) is 0 Å². The zero-order valence-electron chi connectivity index (χ0n) is 32.5. The molecule has 0 bridgehead atoms. The van der Waals surface area contributed by atoms with Crippen molar-refractivity contribution in [1.82, 2.24) is 0 Å². The Kier molecular flexibility index (Phi) is 21.2. The summed E-state index contributed by atoms with van der Waals surface area (Å²) >= 11 is 0. The molecule has 0 heterocycles. The molecule has 0 aliphatic carbocycles. The second-order valence-corrected chi connectivity index (χ2v) is 20.2. The Hall–Kier alpha value is -2.12. The molecule has 0 saturated carbocycles. The molecule has 12 N–H and O–H groups in total. The molecule has 0 amide bonds. The van der Waals surface area contributed by atoms with Gasteiger partial charge in [-0.15, -0.1) is 0 Å². The van der Waals surface area contributed by atoms with E-state index in [4.69, 9.17) is 34.4 Å². The Bertz CT molecular complexity index is 3150. The summed E-state index contributed by atoms with van der Waals surface area (Å²) in [5, 5.41) is -0.554. The van der Waals surface area contributed by atoms with Crippen LogP contribution in [0.5, 0.6) is 0 Å². The topological polar surface area (TPSA) is 499 Å². The maximum atomic E-state index is 11.2. The van der Waals surface area contributed by atoms with Crippen LogP contribution >= 0.6 is 0 Å². The largest absolute Gasteiger partial charge is 3.00 e. The third kappa shape index (κ3) is 14.2. The minimum atomic E-state index is -4.99. The SMILES string of the molecule is Nc1ccc2c(S(=O)(=O)[O-])cc(S(=O)(=O)[O-])cc2c1N.Nc1ccc2c(S(=O)(=O)[O-])cc(S(=O)(=O)[O-])cc2c1N.Nc1ccc2c(S(=O)(=O)[O-])cc(S(=O)(=O)[O-])cc2c1N.[Fe+3].[Na+].[Na+].[Na+]. The van der Waals surface area contributed by atoms with Gasteiger partial charge in [-0.05, 0) is 54.6 Å². The normalized spacial score (nSPS) is 11.9. The minimum Gasteiger partial charge on any atom is -0.744 e. The number of benzene rings is 6. The number of anilines is 6. The first kappa shape index (κ1) is 61.9. The van der Waals surface area contributed by atoms with Crippen LogP contribution in [0.4, 0.5) is 34.1 Å². The van der Waals surface area contributed by atoms with E-state index in [2.05, 4.69) is 0 Å². The van der Waals surface area contributed by atoms with Crippen molar-refractivity contribution in [3.63, 3.8) is 0 Å². The van der Waals surface area contributed by atoms with Crippen LogP contribution in [0.3, 0.4) is 0 Å². The van der Waals surface area contributed by atoms with Gasteiger partial charge in [0.1, 0.15) is 60.7 Å². The van der Waals surface area contributed by atoms with E-state index in [9.17, 15) is 77.8 Å². The molecule has 6 aromatic rings. The molecule has 0 aliphatic rings. The first-order chi connectivity index (χ1) is 27.0. The van der Waals surface area contributed by atoms with Crippen molar-refractivity contribution in [2.24, 2.45) is 0 Å². The molecular formula is C30H24FeN6Na3O18S6. The number of nitrogen functional groups attached to an aromatic ring is 6. The van der Waals surface area contributed by atoms with Crippen LogP contribution in [0, 0.1) is 0 Å². The number of hydrogen-bond donors (Lipinski definition) is 6. The molecule has 0 spiro atoms. The van der Waals surface area contributed by atoms with E-state index >= 15 is 0 Å². The summed E-state index contributed by atoms with van der Waals surface area (Å²) < 4.78 is 200. The number of nitrogens with two attached hydrogens (primary N) is 6. The van der Waals surface area contributed by atoms with E-state index in [1.807, 2.05) is 0 Å². The number of hydrogen-bond acceptors (Lipinski definition) is 24. The monoisotopic (exact) mass is 1070 g/mol. The molecule has 329 valence electrons. The van der Waals surface area contributed by atoms with Gasteiger partial charge < -0.3 is 61.7 Å². The maximum Gasteiger partial charge on any atom is 3.00 e. The van der Waals surface area contributed by atoms with Gasteiger partial charge in [0.2, 0.25) is 0 Å². The quantitative estimate of drug-likeness (QED) is 0.0512. The fraction of sp³-hybridized carbons (Fsp3) is 0. The van der Waals surface area contributed by atoms with Crippen molar-refractivity contribution in [1.29, 1.82) is 0 Å². The van der Waals surface area contributed by atoms with Crippen molar-refractivity contribution in [2.45, 2.75) is 29.4 Å². The molecule has 6 aromatic carbocycles. The van der Waals surface area contributed by atoms with Crippen LogP contribution in [0.1, 0.15) is 0 Å². The molecule has 64 heavy (non-hydrogen) atoms. The Morgan fingerprint density at radius 2 is 0.484 bits per heavy atom. The summed E-state index contributed by atoms with van der Waals surface area (Å²) in [6.45, 7) is 0. The summed E-state index contributed by atoms with van der Waals surface area (Å²) in [6, 6.07) is 11.7. The first-order valence-corrected chi connectivity index (χ1v) is 23.6. The van der Waals surface area contributed by atoms with Gasteiger partial charge >= 0.3 is 106 Å². The maximum absolute atomic E-state index is 11.2. The summed E-state index contributed by atoms with van der Waals surface area (Å²) in [4.78, 5) is -5.10. The molecule has 0 aliphatic heterocycles. The molecular weight excluding hydrogens is 1050 g/mol. The standard InChI is InChI=1S/3C10H10N2O6S2.Fe.3Na/c3*11-8-2-1-6-7(10(8)12)3-5(19(13,14)15)4-9(6)20(16,17)18;;;;/h3*1-4H,11-12H2,(H,13,14,15)(H,16,17,18);;;;/q;;;+3;3*+1/p-6. The average molecular weight is 1070 g/mol. The van der Waals surface area contributed by atoms with Crippen LogP contribution in [0.25, 0.3) is 32.3 Å². The van der Waals surface area contributed by atoms with Crippen LogP contribution < -0.4 is 123 Å². The summed E-state index contributed by atoms with van der Waals surface area (Å²) in [7, 11) is -29.8. The Morgan fingerprint density at radius 1 is 0.297 bits per heavy atom. The van der Waals surface area contributed by atoms with Gasteiger partial charge in [0, 0.05) is 32.3 Å². The zero-order chi connectivity index (χ0) is 45.9. The molecule has 6 rings (SSSR count). The van der Waals surface area contributed by atoms with Crippen molar-refractivity contribution >= 4 is 127 Å². The Balaban J connectivity index is 0.000000902. The van der Waals surface area contributed by atoms with Gasteiger partial charge in [0.05, 0.1) is 63.5 Å². The van der Waals surface area contributed by atoms with Gasteiger partial charge in [-0.3, -0.25) is 0 Å². The van der Waals surface area contributed by atoms with Gasteiger partial charge in [-0.1, -0.05) is 18.2 Å². The van der Waals surface area contributed by atoms with E-state index in [1.54, 1.807) is 0 Å². The van der Waals surface area contributed by atoms with E-state index in [-0.39, 0.29) is 172 Å². The van der Waals surface area contributed by atoms with E-state index in [1.165, 1.54) is 36.4 Å². The Labute approximate surface area is 441 Å². The smallest absolute Gasteiger partial charge is 0.744 e. The number of fused-ring (bicyclic) bond motifs is 3. The summed E-state index contributed by atoms with van der Waals surface area (Å²) in [5.41, 5.74) is 33.3. The summed E-state index contributed by atoms with van der Waals surface area (Å²) in [5.74, 6) is 0. The van der Waals surface area contributed by atoms with Crippen LogP contribution in [-0.2, 0) is 77.8 Å². The third-order valence-corrected chi connectivity index (χ3v) is 13.2. The van der Waals surface area contributed by atoms with Gasteiger partial charge in [-0.25, -0.2) is 50.5 Å². The predicted octanol–water partition coefficient (Wildman–Crippen LogP) is -9.55. The van der Waals surface area contributed by atoms with E-state index in [0.717, 1.165) is 18.2 Å². The van der Waals surface area contributed by atoms with E-state index in [0.29, 0.717) is 18.2 Å². The molecule has 0 unspecified atom stereocenters. The molecule has 1 radical (unpaired) electrons. The molecule has 0 atom stereocenters. The predicted molar refractivity (Wildman–Crippen MR) is 206 cm³/mol. The van der Waals surface area contributed by atoms with Crippen LogP contribution in [0.2, 0.25) is 0 Å². The van der Waals surface area contributed by atoms with Crippen LogP contribution in [-0.4, -0.2) is 77.8 Å². The first-order valence-electron chi connectivity index (χ1n) is 15.2. The van der Waals surface area contributed by atoms with Gasteiger partial charge in [-0.2, -0.15) is 0 Å². The average Bonchev–Trinajstić information content (AvgIpc) is 3.10. The molecule has 24 nitrogen and oxygen atoms in total. The third-order valence-electron chi connectivity index (χ3n) is 8.11. The minimum absolute atomic E-state index is 0. The molecule has 34 heteroatoms. The Morgan fingerprint density at radius 3 is 0.641 bits per heavy atom. The van der Waals surface area contributed by atoms with Crippen LogP contribution in [0.15, 0.2) is 102 Å². The number of rotatable bonds is 6. The second-order valence-electron chi connectivity index (χ2n) is 12.0. The zero-order valence-corrected chi connectivity index (χ0v) is 44.5. The fourth-order valence-corrected chi connectivity index (χ4v) is 9.25. The second kappa shape index (κ2) is 21.9. The molecule has 0 saturated heterocycles. The van der Waals surface area contributed by atoms with Crippen molar-refractivity contribution in [2.75, 3.05) is 34.4 Å². The van der Waals surface area contributed by atoms with Crippen molar-refractivity contribution in [3.05, 3.63) is 72.8 Å². The molecule has 0 fully saturated rings. The van der Waals surface area contributed by atoms with Crippen molar-refractivity contribution in [3.8, 4) is 0 Å². The van der Waals surface area contributed by atoms with Gasteiger partial charge in [0.25, 0.3) is 0 Å². The van der Waals surface area contributed by atoms with E-state index < -0.39 is 90.1 Å². The fourth-order valence-electron chi connectivity index (χ4n) is 5.30. The molecule has 0 aromatic heterocycles. The van der Waals surface area contributed by atoms with Crippen molar-refractivity contribution < 1.29 is 184 Å².